The first-order valence-corrected chi connectivity index (χ1v) is 9.24. The first-order valence-electron chi connectivity index (χ1n) is 9.24. The van der Waals surface area contributed by atoms with Gasteiger partial charge in [-0.1, -0.05) is 6.42 Å². The van der Waals surface area contributed by atoms with Crippen molar-refractivity contribution in [3.63, 3.8) is 0 Å². The Kier molecular flexibility index (Phi) is 3.51. The fraction of sp³-hybridized carbons (Fsp3) is 0.400. The number of carbonyl (C=O) groups excluding carboxylic acids is 1. The molecule has 5 rings (SSSR count). The lowest BCUT2D eigenvalue weighted by Gasteiger charge is -2.34. The van der Waals surface area contributed by atoms with Gasteiger partial charge in [0.25, 0.3) is 0 Å². The van der Waals surface area contributed by atoms with Gasteiger partial charge in [0.1, 0.15) is 0 Å². The van der Waals surface area contributed by atoms with Gasteiger partial charge in [0, 0.05) is 67.1 Å². The largest absolute Gasteiger partial charge is 0.338 e. The Balaban J connectivity index is 1.48. The molecule has 132 valence electrons. The molecule has 1 aliphatic carbocycles. The number of aryl methyl sites for hydroxylation is 1. The summed E-state index contributed by atoms with van der Waals surface area (Å²) in [5.41, 5.74) is 5.08. The maximum atomic E-state index is 12.6. The molecule has 26 heavy (non-hydrogen) atoms. The third kappa shape index (κ3) is 2.57. The molecule has 0 spiro atoms. The third-order valence-corrected chi connectivity index (χ3v) is 5.62. The van der Waals surface area contributed by atoms with E-state index in [4.69, 9.17) is 4.98 Å². The van der Waals surface area contributed by atoms with Crippen LogP contribution in [0.2, 0.25) is 0 Å². The topological polar surface area (TPSA) is 63.9 Å². The molecule has 6 nitrogen and oxygen atoms in total. The van der Waals surface area contributed by atoms with Crippen molar-refractivity contribution >= 4 is 16.9 Å². The molecule has 0 radical (unpaired) electrons. The average Bonchev–Trinajstić information content (AvgIpc) is 3.04. The summed E-state index contributed by atoms with van der Waals surface area (Å²) >= 11 is 0. The predicted octanol–water partition coefficient (Wildman–Crippen LogP) is 2.72. The summed E-state index contributed by atoms with van der Waals surface area (Å²) in [7, 11) is 1.91. The van der Waals surface area contributed by atoms with Crippen molar-refractivity contribution < 1.29 is 4.79 Å². The van der Waals surface area contributed by atoms with E-state index in [-0.39, 0.29) is 5.92 Å². The molecule has 3 aromatic rings. The van der Waals surface area contributed by atoms with Crippen LogP contribution in [0.4, 0.5) is 0 Å². The van der Waals surface area contributed by atoms with Crippen LogP contribution in [0.15, 0.2) is 30.7 Å². The molecule has 0 aromatic carbocycles. The molecule has 0 bridgehead atoms. The van der Waals surface area contributed by atoms with Crippen LogP contribution in [0, 0.1) is 5.92 Å². The zero-order valence-electron chi connectivity index (χ0n) is 14.9. The average molecular weight is 347 g/mol. The molecule has 0 unspecified atom stereocenters. The predicted molar refractivity (Wildman–Crippen MR) is 98.2 cm³/mol. The molecule has 1 fully saturated rings. The van der Waals surface area contributed by atoms with Crippen LogP contribution in [0.25, 0.3) is 22.2 Å². The Morgan fingerprint density at radius 2 is 2.08 bits per heavy atom. The number of amides is 1. The quantitative estimate of drug-likeness (QED) is 0.715. The van der Waals surface area contributed by atoms with E-state index in [1.54, 1.807) is 4.68 Å². The van der Waals surface area contributed by atoms with E-state index in [0.29, 0.717) is 12.5 Å². The Morgan fingerprint density at radius 3 is 2.81 bits per heavy atom. The van der Waals surface area contributed by atoms with Crippen LogP contribution < -0.4 is 0 Å². The highest BCUT2D eigenvalue weighted by molar-refractivity contribution is 5.82. The van der Waals surface area contributed by atoms with Crippen LogP contribution in [-0.4, -0.2) is 37.1 Å². The molecule has 0 atom stereocenters. The van der Waals surface area contributed by atoms with Crippen LogP contribution in [0.3, 0.4) is 0 Å². The third-order valence-electron chi connectivity index (χ3n) is 5.62. The summed E-state index contributed by atoms with van der Waals surface area (Å²) in [4.78, 5) is 23.9. The fourth-order valence-corrected chi connectivity index (χ4v) is 3.85. The van der Waals surface area contributed by atoms with Gasteiger partial charge in [-0.3, -0.25) is 9.48 Å². The second-order valence-electron chi connectivity index (χ2n) is 7.41. The lowest BCUT2D eigenvalue weighted by atomic mass is 9.84. The summed E-state index contributed by atoms with van der Waals surface area (Å²) in [5, 5.41) is 5.25. The molecule has 3 aromatic heterocycles. The van der Waals surface area contributed by atoms with E-state index in [9.17, 15) is 4.79 Å². The number of hydrogen-bond acceptors (Lipinski definition) is 4. The first-order chi connectivity index (χ1) is 12.7. The van der Waals surface area contributed by atoms with Gasteiger partial charge >= 0.3 is 0 Å². The Bertz CT molecular complexity index is 1000. The van der Waals surface area contributed by atoms with Crippen LogP contribution in [0.1, 0.15) is 30.5 Å². The molecular formula is C20H21N5O. The second-order valence-corrected chi connectivity index (χ2v) is 7.41. The van der Waals surface area contributed by atoms with E-state index < -0.39 is 0 Å². The van der Waals surface area contributed by atoms with Crippen molar-refractivity contribution in [2.45, 2.75) is 32.2 Å². The molecular weight excluding hydrogens is 326 g/mol. The zero-order valence-corrected chi connectivity index (χ0v) is 14.9. The lowest BCUT2D eigenvalue weighted by molar-refractivity contribution is -0.139. The minimum absolute atomic E-state index is 0.254. The van der Waals surface area contributed by atoms with Crippen molar-refractivity contribution in [2.75, 3.05) is 6.54 Å². The monoisotopic (exact) mass is 347 g/mol. The number of fused-ring (bicyclic) bond motifs is 2. The van der Waals surface area contributed by atoms with Crippen molar-refractivity contribution in [2.24, 2.45) is 13.0 Å². The molecule has 1 aliphatic heterocycles. The highest BCUT2D eigenvalue weighted by atomic mass is 16.2. The van der Waals surface area contributed by atoms with Crippen molar-refractivity contribution in [3.8, 4) is 11.1 Å². The Hall–Kier alpha value is -2.76. The summed E-state index contributed by atoms with van der Waals surface area (Å²) < 4.78 is 1.79. The second kappa shape index (κ2) is 5.90. The summed E-state index contributed by atoms with van der Waals surface area (Å²) in [5.74, 6) is 0.577. The standard InChI is InChI=1S/C20H21N5O/c1-24-11-17(10-22-24)15-7-14-8-16-12-25(20(26)13-3-2-4-13)6-5-18(16)23-19(14)21-9-15/h7-11,13H,2-6,12H2,1H3. The van der Waals surface area contributed by atoms with Gasteiger partial charge in [-0.15, -0.1) is 0 Å². The maximum absolute atomic E-state index is 12.6. The van der Waals surface area contributed by atoms with Gasteiger partial charge in [0.15, 0.2) is 5.65 Å². The van der Waals surface area contributed by atoms with Gasteiger partial charge in [-0.05, 0) is 30.5 Å². The fourth-order valence-electron chi connectivity index (χ4n) is 3.85. The van der Waals surface area contributed by atoms with E-state index in [1.165, 1.54) is 6.42 Å². The molecule has 0 saturated heterocycles. The molecule has 0 N–H and O–H groups in total. The molecule has 4 heterocycles. The van der Waals surface area contributed by atoms with Gasteiger partial charge < -0.3 is 4.90 Å². The maximum Gasteiger partial charge on any atom is 0.225 e. The zero-order chi connectivity index (χ0) is 17.7. The van der Waals surface area contributed by atoms with Gasteiger partial charge in [-0.2, -0.15) is 5.10 Å². The van der Waals surface area contributed by atoms with E-state index in [0.717, 1.165) is 59.2 Å². The normalized spacial score (nSPS) is 17.2. The number of hydrogen-bond donors (Lipinski definition) is 0. The van der Waals surface area contributed by atoms with Crippen LogP contribution in [-0.2, 0) is 24.8 Å². The van der Waals surface area contributed by atoms with Crippen molar-refractivity contribution in [1.82, 2.24) is 24.6 Å². The van der Waals surface area contributed by atoms with Crippen molar-refractivity contribution in [1.29, 1.82) is 0 Å². The van der Waals surface area contributed by atoms with Gasteiger partial charge in [0.2, 0.25) is 5.91 Å². The number of aromatic nitrogens is 4. The number of nitrogens with zero attached hydrogens (tertiary/aromatic N) is 5. The van der Waals surface area contributed by atoms with E-state index >= 15 is 0 Å². The number of carbonyl (C=O) groups is 1. The summed E-state index contributed by atoms with van der Waals surface area (Å²) in [6, 6.07) is 4.27. The number of rotatable bonds is 2. The van der Waals surface area contributed by atoms with Crippen LogP contribution in [0.5, 0.6) is 0 Å². The Morgan fingerprint density at radius 1 is 1.19 bits per heavy atom. The van der Waals surface area contributed by atoms with E-state index in [1.807, 2.05) is 30.5 Å². The molecule has 1 saturated carbocycles. The first kappa shape index (κ1) is 15.5. The molecule has 1 amide bonds. The SMILES string of the molecule is Cn1cc(-c2cnc3nc4c(cc3c2)CN(C(=O)C2CCC2)CC4)cn1. The smallest absolute Gasteiger partial charge is 0.225 e. The minimum atomic E-state index is 0.254. The van der Waals surface area contributed by atoms with E-state index in [2.05, 4.69) is 22.2 Å². The highest BCUT2D eigenvalue weighted by Crippen LogP contribution is 2.31. The van der Waals surface area contributed by atoms with Crippen LogP contribution >= 0.6 is 0 Å². The molecule has 2 aliphatic rings. The summed E-state index contributed by atoms with van der Waals surface area (Å²) in [6.07, 6.45) is 9.79. The minimum Gasteiger partial charge on any atom is -0.338 e. The van der Waals surface area contributed by atoms with Gasteiger partial charge in [0.05, 0.1) is 6.20 Å². The van der Waals surface area contributed by atoms with Crippen molar-refractivity contribution in [3.05, 3.63) is 42.0 Å². The number of pyridine rings is 2. The summed E-state index contributed by atoms with van der Waals surface area (Å²) in [6.45, 7) is 1.44. The highest BCUT2D eigenvalue weighted by Gasteiger charge is 2.31. The Labute approximate surface area is 151 Å². The molecule has 6 heteroatoms. The lowest BCUT2D eigenvalue weighted by Crippen LogP contribution is -2.42. The van der Waals surface area contributed by atoms with Gasteiger partial charge in [-0.25, -0.2) is 9.97 Å².